The van der Waals surface area contributed by atoms with Gasteiger partial charge in [0.2, 0.25) is 8.32 Å². The maximum atomic E-state index is 6.06. The van der Waals surface area contributed by atoms with Crippen molar-refractivity contribution in [2.45, 2.75) is 19.6 Å². The van der Waals surface area contributed by atoms with E-state index in [-0.39, 0.29) is 0 Å². The molecule has 0 N–H and O–H groups in total. The van der Waals surface area contributed by atoms with Gasteiger partial charge in [0.05, 0.1) is 0 Å². The van der Waals surface area contributed by atoms with Gasteiger partial charge in [-0.05, 0) is 24.8 Å². The molecule has 1 aromatic rings. The van der Waals surface area contributed by atoms with E-state index in [2.05, 4.69) is 43.9 Å². The van der Waals surface area contributed by atoms with Gasteiger partial charge in [-0.15, -0.1) is 0 Å². The Hall–Kier alpha value is -0.209. The van der Waals surface area contributed by atoms with Crippen molar-refractivity contribution in [3.8, 4) is 0 Å². The van der Waals surface area contributed by atoms with Crippen LogP contribution in [0.2, 0.25) is 19.6 Å². The molecule has 5 heteroatoms. The summed E-state index contributed by atoms with van der Waals surface area (Å²) in [5, 5.41) is 1.35. The molecule has 1 unspecified atom stereocenters. The third-order valence-electron chi connectivity index (χ3n) is 2.26. The maximum absolute atomic E-state index is 6.06. The predicted octanol–water partition coefficient (Wildman–Crippen LogP) is 0.263. The number of hydrogen-bond donors (Lipinski definition) is 0. The Morgan fingerprint density at radius 3 is 2.29 bits per heavy atom. The van der Waals surface area contributed by atoms with Crippen LogP contribution >= 0.6 is 0 Å². The highest BCUT2D eigenvalue weighted by Gasteiger charge is 2.27. The van der Waals surface area contributed by atoms with E-state index in [1.165, 1.54) is 5.19 Å². The van der Waals surface area contributed by atoms with Gasteiger partial charge in [-0.2, -0.15) is 0 Å². The molecule has 1 rings (SSSR count). The van der Waals surface area contributed by atoms with Crippen molar-refractivity contribution in [3.05, 3.63) is 30.3 Å². The van der Waals surface area contributed by atoms with E-state index in [0.717, 1.165) is 10.5 Å². The summed E-state index contributed by atoms with van der Waals surface area (Å²) in [7, 11) is -2.27. The number of rotatable bonds is 4. The molecule has 1 atom stereocenters. The molecule has 0 spiro atoms. The van der Waals surface area contributed by atoms with Crippen molar-refractivity contribution in [1.82, 2.24) is 0 Å². The Bertz CT molecular complexity index is 277. The summed E-state index contributed by atoms with van der Waals surface area (Å²) in [6.45, 7) is 6.56. The molecule has 14 heavy (non-hydrogen) atoms. The molecule has 0 aromatic heterocycles. The summed E-state index contributed by atoms with van der Waals surface area (Å²) in [6, 6.07) is 10.5. The quantitative estimate of drug-likeness (QED) is 0.706. The normalized spacial score (nSPS) is 14.2. The van der Waals surface area contributed by atoms with E-state index in [1.54, 1.807) is 0 Å². The van der Waals surface area contributed by atoms with E-state index < -0.39 is 17.6 Å². The van der Waals surface area contributed by atoms with Gasteiger partial charge in [0.15, 0.2) is 0 Å². The summed E-state index contributed by atoms with van der Waals surface area (Å²) in [5.74, 6) is 0. The summed E-state index contributed by atoms with van der Waals surface area (Å²) < 4.78 is 11.5. The van der Waals surface area contributed by atoms with Crippen molar-refractivity contribution in [2.24, 2.45) is 0 Å². The minimum absolute atomic E-state index is 0.788. The highest BCUT2D eigenvalue weighted by molar-refractivity contribution is 6.88. The molecular formula is C9H18O2Si3. The Morgan fingerprint density at radius 1 is 1.21 bits per heavy atom. The Morgan fingerprint density at radius 2 is 1.79 bits per heavy atom. The molecular weight excluding hydrogens is 224 g/mol. The first kappa shape index (κ1) is 11.9. The molecule has 0 amide bonds. The standard InChI is InChI=1S/C9H18O2Si3/c1-13(10-12)11-14(2,3)9-7-5-4-6-8-9/h4-8,13H,1-3,12H3. The first-order chi connectivity index (χ1) is 6.56. The fraction of sp³-hybridized carbons (Fsp3) is 0.333. The summed E-state index contributed by atoms with van der Waals surface area (Å²) in [6.07, 6.45) is 0. The van der Waals surface area contributed by atoms with Crippen molar-refractivity contribution in [1.29, 1.82) is 0 Å². The lowest BCUT2D eigenvalue weighted by Crippen LogP contribution is -2.48. The van der Waals surface area contributed by atoms with Gasteiger partial charge in [0.1, 0.15) is 10.5 Å². The van der Waals surface area contributed by atoms with Gasteiger partial charge in [-0.25, -0.2) is 0 Å². The van der Waals surface area contributed by atoms with E-state index in [4.69, 9.17) is 8.23 Å². The Balaban J connectivity index is 2.75. The summed E-state index contributed by atoms with van der Waals surface area (Å²) in [4.78, 5) is 0. The van der Waals surface area contributed by atoms with Gasteiger partial charge < -0.3 is 8.23 Å². The molecule has 0 heterocycles. The predicted molar refractivity (Wildman–Crippen MR) is 68.7 cm³/mol. The molecule has 1 aromatic carbocycles. The summed E-state index contributed by atoms with van der Waals surface area (Å²) >= 11 is 0. The van der Waals surface area contributed by atoms with Crippen molar-refractivity contribution < 1.29 is 8.23 Å². The van der Waals surface area contributed by atoms with Crippen LogP contribution in [0.25, 0.3) is 0 Å². The van der Waals surface area contributed by atoms with Crippen LogP contribution < -0.4 is 5.19 Å². The zero-order valence-corrected chi connectivity index (χ0v) is 13.4. The lowest BCUT2D eigenvalue weighted by Gasteiger charge is -2.26. The lowest BCUT2D eigenvalue weighted by molar-refractivity contribution is 0.455. The molecule has 0 fully saturated rings. The molecule has 0 aliphatic carbocycles. The Kier molecular flexibility index (Phi) is 4.27. The average molecular weight is 242 g/mol. The molecule has 0 saturated carbocycles. The highest BCUT2D eigenvalue weighted by atomic mass is 28.4. The van der Waals surface area contributed by atoms with Crippen LogP contribution in [-0.4, -0.2) is 28.1 Å². The molecule has 2 nitrogen and oxygen atoms in total. The first-order valence-corrected chi connectivity index (χ1v) is 10.6. The number of benzene rings is 1. The van der Waals surface area contributed by atoms with Crippen LogP contribution in [0.1, 0.15) is 0 Å². The minimum Gasteiger partial charge on any atom is -0.447 e. The summed E-state index contributed by atoms with van der Waals surface area (Å²) in [5.41, 5.74) is 0. The molecule has 0 saturated heterocycles. The second kappa shape index (κ2) is 5.04. The van der Waals surface area contributed by atoms with Crippen molar-refractivity contribution >= 4 is 33.3 Å². The molecule has 0 aliphatic heterocycles. The van der Waals surface area contributed by atoms with Crippen LogP contribution in [0.15, 0.2) is 30.3 Å². The van der Waals surface area contributed by atoms with Gasteiger partial charge in [0, 0.05) is 0 Å². The Labute approximate surface area is 91.8 Å². The van der Waals surface area contributed by atoms with Crippen molar-refractivity contribution in [3.63, 3.8) is 0 Å². The van der Waals surface area contributed by atoms with Crippen LogP contribution in [0, 0.1) is 0 Å². The van der Waals surface area contributed by atoms with E-state index in [0.29, 0.717) is 0 Å². The minimum atomic E-state index is -1.70. The first-order valence-electron chi connectivity index (χ1n) is 4.82. The van der Waals surface area contributed by atoms with E-state index >= 15 is 0 Å². The SMILES string of the molecule is C[SiH](O[SiH3])O[Si](C)(C)c1ccccc1. The molecule has 78 valence electrons. The third-order valence-corrected chi connectivity index (χ3v) is 10.3. The monoisotopic (exact) mass is 242 g/mol. The zero-order chi connectivity index (χ0) is 10.6. The fourth-order valence-corrected chi connectivity index (χ4v) is 7.48. The second-order valence-electron chi connectivity index (χ2n) is 3.80. The molecule has 0 radical (unpaired) electrons. The topological polar surface area (TPSA) is 18.5 Å². The molecule has 0 aliphatic rings. The number of hydrogen-bond acceptors (Lipinski definition) is 2. The maximum Gasteiger partial charge on any atom is 0.297 e. The van der Waals surface area contributed by atoms with Crippen LogP contribution in [0.4, 0.5) is 0 Å². The average Bonchev–Trinajstić information content (AvgIpc) is 2.18. The van der Waals surface area contributed by atoms with E-state index in [9.17, 15) is 0 Å². The van der Waals surface area contributed by atoms with E-state index in [1.807, 2.05) is 6.07 Å². The smallest absolute Gasteiger partial charge is 0.297 e. The van der Waals surface area contributed by atoms with Crippen LogP contribution in [0.3, 0.4) is 0 Å². The highest BCUT2D eigenvalue weighted by Crippen LogP contribution is 2.07. The largest absolute Gasteiger partial charge is 0.447 e. The third kappa shape index (κ3) is 3.18. The van der Waals surface area contributed by atoms with Gasteiger partial charge in [-0.1, -0.05) is 30.3 Å². The fourth-order valence-electron chi connectivity index (χ4n) is 1.37. The van der Waals surface area contributed by atoms with Gasteiger partial charge in [-0.3, -0.25) is 0 Å². The van der Waals surface area contributed by atoms with Crippen LogP contribution in [0.5, 0.6) is 0 Å². The zero-order valence-electron chi connectivity index (χ0n) is 9.28. The van der Waals surface area contributed by atoms with Crippen molar-refractivity contribution in [2.75, 3.05) is 0 Å². The molecule has 0 bridgehead atoms. The van der Waals surface area contributed by atoms with Gasteiger partial charge >= 0.3 is 0 Å². The second-order valence-corrected chi connectivity index (χ2v) is 11.4. The van der Waals surface area contributed by atoms with Gasteiger partial charge in [0.25, 0.3) is 9.28 Å². The van der Waals surface area contributed by atoms with Crippen LogP contribution in [-0.2, 0) is 8.23 Å². The lowest BCUT2D eigenvalue weighted by atomic mass is 10.4.